The Balaban J connectivity index is 0.00000152. The van der Waals surface area contributed by atoms with E-state index in [9.17, 15) is 19.0 Å². The van der Waals surface area contributed by atoms with Crippen LogP contribution in [0.1, 0.15) is 412 Å². The van der Waals surface area contributed by atoms with Crippen molar-refractivity contribution >= 4 is 0 Å². The van der Waals surface area contributed by atoms with Gasteiger partial charge in [-0.25, -0.2) is 8.78 Å². The second-order valence-corrected chi connectivity index (χ2v) is 41.8. The Labute approximate surface area is 834 Å². The third kappa shape index (κ3) is 49.4. The summed E-state index contributed by atoms with van der Waals surface area (Å²) in [5.74, 6) is 12.4. The van der Waals surface area contributed by atoms with E-state index in [0.29, 0.717) is 78.5 Å². The number of hydrogen-bond donors (Lipinski definition) is 2. The molecule has 0 heterocycles. The molecule has 15 heteroatoms. The van der Waals surface area contributed by atoms with E-state index in [4.69, 9.17) is 52.1 Å². The SMILES string of the molecule is C.CC(C)Oc1ccc(C(C)C)cc1CO.CC(C)c1ccc(C(C)(C)C)c(F)c1.CC(C)c1ccc(CC(C)(C)O)c(F)c1.CCC(C)Oc1ccc(C(C)C)cc1OC.CCCCOc1ccc(C(C)C)cc1C.CCCOc1ccc(C(C)C)cc1OC.COCCOc1ccc(C(C)C)cc1OC.COc1cc(C(C)C)ccc1OC(C)(C)C.Cc1cc(C(C)C)ccc1C(C)(C)C. The Hall–Kier alpha value is -9.28. The molecule has 0 fully saturated rings. The number of aliphatic hydroxyl groups is 2. The van der Waals surface area contributed by atoms with Gasteiger partial charge in [-0.15, -0.1) is 0 Å². The molecule has 0 spiro atoms. The van der Waals surface area contributed by atoms with Crippen LogP contribution in [0.5, 0.6) is 57.5 Å². The van der Waals surface area contributed by atoms with E-state index in [1.165, 1.54) is 62.1 Å². The molecule has 0 saturated carbocycles. The molecule has 0 aliphatic carbocycles. The Morgan fingerprint density at radius 2 is 0.642 bits per heavy atom. The summed E-state index contributed by atoms with van der Waals surface area (Å²) in [6.45, 7) is 80.5. The van der Waals surface area contributed by atoms with Crippen molar-refractivity contribution in [2.24, 2.45) is 0 Å². The highest BCUT2D eigenvalue weighted by Crippen LogP contribution is 2.38. The van der Waals surface area contributed by atoms with Crippen molar-refractivity contribution in [3.63, 3.8) is 0 Å². The molecular formula is C122H190F2O13. The van der Waals surface area contributed by atoms with E-state index < -0.39 is 5.60 Å². The van der Waals surface area contributed by atoms with Crippen LogP contribution in [0, 0.1) is 25.5 Å². The maximum Gasteiger partial charge on any atom is 0.161 e. The summed E-state index contributed by atoms with van der Waals surface area (Å²) in [5.41, 5.74) is 16.6. The minimum atomic E-state index is -0.861. The van der Waals surface area contributed by atoms with Gasteiger partial charge in [0.1, 0.15) is 35.3 Å². The van der Waals surface area contributed by atoms with E-state index in [2.05, 4.69) is 252 Å². The zero-order valence-corrected chi connectivity index (χ0v) is 92.7. The number of hydrogen-bond acceptors (Lipinski definition) is 13. The van der Waals surface area contributed by atoms with Gasteiger partial charge in [0, 0.05) is 19.1 Å². The summed E-state index contributed by atoms with van der Waals surface area (Å²) in [5, 5.41) is 18.9. The smallest absolute Gasteiger partial charge is 0.161 e. The minimum absolute atomic E-state index is 0. The van der Waals surface area contributed by atoms with Crippen molar-refractivity contribution in [3.8, 4) is 57.5 Å². The van der Waals surface area contributed by atoms with E-state index >= 15 is 0 Å². The van der Waals surface area contributed by atoms with Crippen LogP contribution < -0.4 is 47.4 Å². The van der Waals surface area contributed by atoms with Gasteiger partial charge in [-0.1, -0.05) is 286 Å². The van der Waals surface area contributed by atoms with Crippen LogP contribution >= 0.6 is 0 Å². The van der Waals surface area contributed by atoms with Gasteiger partial charge in [-0.05, 0) is 309 Å². The van der Waals surface area contributed by atoms with E-state index in [0.717, 1.165) is 112 Å². The van der Waals surface area contributed by atoms with Crippen LogP contribution in [0.3, 0.4) is 0 Å². The highest BCUT2D eigenvalue weighted by atomic mass is 19.1. The molecule has 770 valence electrons. The average Bonchev–Trinajstić information content (AvgIpc) is 0.822. The van der Waals surface area contributed by atoms with Gasteiger partial charge >= 0.3 is 0 Å². The molecule has 13 nitrogen and oxygen atoms in total. The number of benzene rings is 9. The molecule has 0 aliphatic rings. The molecule has 1 unspecified atom stereocenters. The van der Waals surface area contributed by atoms with Crippen molar-refractivity contribution in [2.45, 2.75) is 390 Å². The van der Waals surface area contributed by atoms with Crippen LogP contribution in [0.15, 0.2) is 164 Å². The van der Waals surface area contributed by atoms with E-state index in [1.807, 2.05) is 136 Å². The van der Waals surface area contributed by atoms with Gasteiger partial charge in [0.2, 0.25) is 0 Å². The van der Waals surface area contributed by atoms with Crippen molar-refractivity contribution < 1.29 is 71.1 Å². The Morgan fingerprint density at radius 1 is 0.314 bits per heavy atom. The second-order valence-electron chi connectivity index (χ2n) is 41.8. The monoisotopic (exact) mass is 1900 g/mol. The fourth-order valence-electron chi connectivity index (χ4n) is 13.6. The lowest BCUT2D eigenvalue weighted by Gasteiger charge is -2.23. The minimum Gasteiger partial charge on any atom is -0.493 e. The van der Waals surface area contributed by atoms with Crippen LogP contribution in [0.25, 0.3) is 0 Å². The predicted octanol–water partition coefficient (Wildman–Crippen LogP) is 34.4. The first-order valence-electron chi connectivity index (χ1n) is 49.8. The molecule has 0 saturated heterocycles. The van der Waals surface area contributed by atoms with Crippen LogP contribution in [-0.4, -0.2) is 95.6 Å². The van der Waals surface area contributed by atoms with Crippen LogP contribution in [-0.2, 0) is 28.6 Å². The van der Waals surface area contributed by atoms with Gasteiger partial charge in [0.15, 0.2) is 46.0 Å². The first kappa shape index (κ1) is 128. The fourth-order valence-corrected chi connectivity index (χ4v) is 13.6. The largest absolute Gasteiger partial charge is 0.493 e. The summed E-state index contributed by atoms with van der Waals surface area (Å²) in [7, 11) is 8.35. The number of aliphatic hydroxyl groups excluding tert-OH is 1. The molecular weight excluding hydrogens is 1710 g/mol. The highest BCUT2D eigenvalue weighted by molar-refractivity contribution is 5.48. The molecule has 0 aliphatic heterocycles. The van der Waals surface area contributed by atoms with Crippen molar-refractivity contribution in [1.82, 2.24) is 0 Å². The Morgan fingerprint density at radius 3 is 0.978 bits per heavy atom. The maximum absolute atomic E-state index is 13.7. The summed E-state index contributed by atoms with van der Waals surface area (Å²) in [4.78, 5) is 0. The molecule has 0 radical (unpaired) electrons. The third-order valence-electron chi connectivity index (χ3n) is 22.2. The molecule has 9 aromatic rings. The van der Waals surface area contributed by atoms with Gasteiger partial charge in [0.05, 0.1) is 72.7 Å². The molecule has 0 amide bonds. The molecule has 9 aromatic carbocycles. The van der Waals surface area contributed by atoms with Gasteiger partial charge < -0.3 is 62.3 Å². The highest BCUT2D eigenvalue weighted by Gasteiger charge is 2.23. The number of aryl methyl sites for hydroxylation is 2. The number of unbranched alkanes of at least 4 members (excludes halogenated alkanes) is 1. The average molecular weight is 1900 g/mol. The topological polar surface area (TPSA) is 142 Å². The number of methoxy groups -OCH3 is 5. The fraction of sp³-hybridized carbons (Fsp3) is 0.557. The lowest BCUT2D eigenvalue weighted by Crippen LogP contribution is -2.23. The standard InChI is InChI=1S/2C14H22O2.C14H22O.C14H22.C13H19FO.C13H19F.C13H20O3.2C13H20O2.CH4/c1-10(2)11-7-8-12(13(9-11)15-6)16-14(3,4)5;1-6-11(4)16-13-8-7-12(10(2)3)9-14(13)15-5;1-5-6-9-15-14-8-7-13(11(2)3)10-12(14)4;1-10(2)12-7-8-13(11(3)9-12)14(4,5)6;1-9(2)10-5-6-11(12(14)7-10)8-13(3,4)15;1-9(2)10-6-7-11(12(14)8-10)13(3,4)5;1-10(2)11-5-6-12(13(9-11)15-4)16-8-7-14-3;1-9(2)11-5-6-13(15-10(3)4)12(7-11)8-14;1-5-8-15-12-7-6-11(10(2)3)9-13(12)14-4;/h7-10H,1-6H3;7-11H,6H2,1-5H3;7-8,10-11H,5-6,9H2,1-4H3;7-10H,1-6H3;5-7,9,15H,8H2,1-4H3;6-9H,1-5H3;5-6,9-10H,7-8H2,1-4H3;5-7,9-10,14H,8H2,1-4H3;6-7,9-10H,5,8H2,1-4H3;1H4. The summed E-state index contributed by atoms with van der Waals surface area (Å²) >= 11 is 0. The normalized spacial score (nSPS) is 11.4. The van der Waals surface area contributed by atoms with Crippen LogP contribution in [0.4, 0.5) is 8.78 Å². The lowest BCUT2D eigenvalue weighted by molar-refractivity contribution is 0.0800. The lowest BCUT2D eigenvalue weighted by atomic mass is 9.83. The van der Waals surface area contributed by atoms with Crippen LogP contribution in [0.2, 0.25) is 0 Å². The molecule has 137 heavy (non-hydrogen) atoms. The van der Waals surface area contributed by atoms with Crippen molar-refractivity contribution in [3.05, 3.63) is 259 Å². The number of rotatable bonds is 33. The van der Waals surface area contributed by atoms with E-state index in [1.54, 1.807) is 67.6 Å². The zero-order valence-electron chi connectivity index (χ0n) is 92.7. The first-order chi connectivity index (χ1) is 63.4. The second kappa shape index (κ2) is 64.1. The molecule has 1 atom stereocenters. The maximum atomic E-state index is 13.7. The zero-order chi connectivity index (χ0) is 104. The van der Waals surface area contributed by atoms with Gasteiger partial charge in [-0.2, -0.15) is 0 Å². The molecule has 0 bridgehead atoms. The predicted molar refractivity (Wildman–Crippen MR) is 581 cm³/mol. The summed E-state index contributed by atoms with van der Waals surface area (Å²) in [6.07, 6.45) is 5.02. The number of halogens is 2. The van der Waals surface area contributed by atoms with Gasteiger partial charge in [0.25, 0.3) is 0 Å². The molecule has 9 rings (SSSR count). The molecule has 2 N–H and O–H groups in total. The van der Waals surface area contributed by atoms with Crippen molar-refractivity contribution in [1.29, 1.82) is 0 Å². The Bertz CT molecular complexity index is 4740. The first-order valence-corrected chi connectivity index (χ1v) is 49.8. The Kier molecular flexibility index (Phi) is 59.8. The van der Waals surface area contributed by atoms with Crippen molar-refractivity contribution in [2.75, 3.05) is 62.0 Å². The summed E-state index contributed by atoms with van der Waals surface area (Å²) < 4.78 is 87.7. The number of ether oxygens (including phenoxy) is 11. The summed E-state index contributed by atoms with van der Waals surface area (Å²) in [6, 6.07) is 54.7. The van der Waals surface area contributed by atoms with Gasteiger partial charge in [-0.3, -0.25) is 0 Å². The van der Waals surface area contributed by atoms with E-state index in [-0.39, 0.29) is 54.3 Å². The quantitative estimate of drug-likeness (QED) is 0.0377. The third-order valence-corrected chi connectivity index (χ3v) is 22.2. The molecule has 0 aromatic heterocycles.